The minimum Gasteiger partial charge on any atom is -0.459 e. The molecule has 1 amide bonds. The number of allylic oxidation sites excluding steroid dienone is 1. The topological polar surface area (TPSA) is 181 Å². The molecule has 4 aromatic carbocycles. The van der Waals surface area contributed by atoms with Crippen molar-refractivity contribution in [2.75, 3.05) is 39.5 Å². The number of carbonyl (C=O) groups is 1. The molecule has 6 atom stereocenters. The number of aliphatic hydroxyl groups excluding tert-OH is 2. The van der Waals surface area contributed by atoms with E-state index in [0.29, 0.717) is 59.3 Å². The first-order valence-corrected chi connectivity index (χ1v) is 29.5. The van der Waals surface area contributed by atoms with Crippen molar-refractivity contribution in [2.45, 2.75) is 152 Å². The van der Waals surface area contributed by atoms with E-state index >= 15 is 4.79 Å². The zero-order chi connectivity index (χ0) is 54.7. The maximum atomic E-state index is 15.3. The van der Waals surface area contributed by atoms with Crippen molar-refractivity contribution in [3.8, 4) is 28.7 Å². The quantitative estimate of drug-likeness (QED) is 0.0155. The Bertz CT molecular complexity index is 2650. The van der Waals surface area contributed by atoms with E-state index in [4.69, 9.17) is 38.4 Å². The van der Waals surface area contributed by atoms with Crippen LogP contribution in [0.5, 0.6) is 28.7 Å². The lowest BCUT2D eigenvalue weighted by molar-refractivity contribution is -0.384. The minimum atomic E-state index is -1.55. The lowest BCUT2D eigenvalue weighted by Crippen LogP contribution is -2.70. The number of nitro groups is 1. The standard InChI is InChI=1S/C62H79N3O12S/c1-4-6-7-8-9-10-11-12-13-18-36-71-61(68)64(41-45-23-31-56-57(37-45)73-43-72-56)58-40-54(63-75-42-44-21-24-47(25-22-44)65(69)70)52-38-46(19-14-16-33-66)51(20-15-17-34-67)59-53-39-49(76-48-26-29-50(78-3)30-27-48)28-32-55(53)77-62(58,60(52)59)74-35-5-2/h5,21-32,37-39,46,51,58-60,66-67H,2,4,6-20,33-36,40-43H2,1,3H3. The summed E-state index contributed by atoms with van der Waals surface area (Å²) >= 11 is 1.66. The highest BCUT2D eigenvalue weighted by Crippen LogP contribution is 2.62. The third-order valence-electron chi connectivity index (χ3n) is 15.6. The largest absolute Gasteiger partial charge is 0.459 e. The number of thioether (sulfide) groups is 1. The molecule has 78 heavy (non-hydrogen) atoms. The van der Waals surface area contributed by atoms with Gasteiger partial charge in [-0.1, -0.05) is 101 Å². The van der Waals surface area contributed by atoms with Gasteiger partial charge in [0.25, 0.3) is 5.69 Å². The van der Waals surface area contributed by atoms with Crippen molar-refractivity contribution in [1.29, 1.82) is 0 Å². The Labute approximate surface area is 464 Å². The van der Waals surface area contributed by atoms with Gasteiger partial charge in [0.1, 0.15) is 29.9 Å². The molecule has 0 bridgehead atoms. The van der Waals surface area contributed by atoms with Crippen molar-refractivity contribution in [3.05, 3.63) is 136 Å². The minimum absolute atomic E-state index is 0.00890. The van der Waals surface area contributed by atoms with Crippen LogP contribution in [-0.4, -0.2) is 83.1 Å². The van der Waals surface area contributed by atoms with Crippen molar-refractivity contribution in [1.82, 2.24) is 4.90 Å². The number of carbonyl (C=O) groups excluding carboxylic acids is 1. The number of amides is 1. The number of aliphatic hydroxyl groups is 2. The second-order valence-electron chi connectivity index (χ2n) is 20.9. The molecular formula is C62H79N3O12S. The van der Waals surface area contributed by atoms with Gasteiger partial charge in [0.05, 0.1) is 29.8 Å². The number of hydrogen-bond donors (Lipinski definition) is 2. The normalized spacial score (nSPS) is 21.2. The second-order valence-corrected chi connectivity index (χ2v) is 21.7. The third kappa shape index (κ3) is 14.6. The number of nitrogens with zero attached hydrogens (tertiary/aromatic N) is 3. The first-order valence-electron chi connectivity index (χ1n) is 28.3. The summed E-state index contributed by atoms with van der Waals surface area (Å²) in [6.45, 7) is 6.98. The summed E-state index contributed by atoms with van der Waals surface area (Å²) in [6, 6.07) is 24.9. The fourth-order valence-electron chi connectivity index (χ4n) is 11.8. The van der Waals surface area contributed by atoms with Gasteiger partial charge in [-0.15, -0.1) is 18.3 Å². The van der Waals surface area contributed by atoms with E-state index < -0.39 is 28.8 Å². The maximum Gasteiger partial charge on any atom is 0.410 e. The lowest BCUT2D eigenvalue weighted by Gasteiger charge is -2.59. The third-order valence-corrected chi connectivity index (χ3v) is 16.4. The molecule has 1 fully saturated rings. The molecule has 4 aliphatic rings. The van der Waals surface area contributed by atoms with Crippen LogP contribution >= 0.6 is 11.8 Å². The summed E-state index contributed by atoms with van der Waals surface area (Å²) in [5, 5.41) is 36.8. The molecular weight excluding hydrogens is 1010 g/mol. The predicted molar refractivity (Wildman–Crippen MR) is 302 cm³/mol. The number of benzene rings is 4. The number of rotatable bonds is 32. The molecule has 2 N–H and O–H groups in total. The molecule has 0 aromatic heterocycles. The highest BCUT2D eigenvalue weighted by molar-refractivity contribution is 7.98. The van der Waals surface area contributed by atoms with Crippen molar-refractivity contribution >= 4 is 29.3 Å². The summed E-state index contributed by atoms with van der Waals surface area (Å²) in [6.07, 6.45) is 21.3. The summed E-state index contributed by atoms with van der Waals surface area (Å²) in [4.78, 5) is 35.6. The van der Waals surface area contributed by atoms with Gasteiger partial charge in [0.2, 0.25) is 12.6 Å². The number of oxime groups is 1. The fourth-order valence-corrected chi connectivity index (χ4v) is 12.2. The van der Waals surface area contributed by atoms with E-state index in [2.05, 4.69) is 25.6 Å². The highest BCUT2D eigenvalue weighted by atomic mass is 32.2. The zero-order valence-electron chi connectivity index (χ0n) is 45.5. The Kier molecular flexibility index (Phi) is 21.8. The van der Waals surface area contributed by atoms with Gasteiger partial charge in [-0.25, -0.2) is 4.79 Å². The van der Waals surface area contributed by atoms with Crippen LogP contribution in [0.1, 0.15) is 139 Å². The second kappa shape index (κ2) is 29.2. The molecule has 8 rings (SSSR count). The summed E-state index contributed by atoms with van der Waals surface area (Å²) in [5.41, 5.74) is 3.81. The Hall–Kier alpha value is -6.07. The Morgan fingerprint density at radius 3 is 2.22 bits per heavy atom. The van der Waals surface area contributed by atoms with E-state index in [1.54, 1.807) is 34.9 Å². The van der Waals surface area contributed by atoms with E-state index in [0.717, 1.165) is 66.5 Å². The number of nitro benzene ring substituents is 1. The molecule has 2 aliphatic carbocycles. The Balaban J connectivity index is 1.24. The summed E-state index contributed by atoms with van der Waals surface area (Å²) in [7, 11) is 0. The molecule has 4 aromatic rings. The van der Waals surface area contributed by atoms with Crippen molar-refractivity contribution in [3.63, 3.8) is 0 Å². The molecule has 16 heteroatoms. The van der Waals surface area contributed by atoms with Crippen molar-refractivity contribution < 1.29 is 53.2 Å². The predicted octanol–water partition coefficient (Wildman–Crippen LogP) is 14.2. The van der Waals surface area contributed by atoms with E-state index in [9.17, 15) is 20.3 Å². The molecule has 420 valence electrons. The van der Waals surface area contributed by atoms with Gasteiger partial charge >= 0.3 is 6.09 Å². The van der Waals surface area contributed by atoms with Crippen LogP contribution in [0.2, 0.25) is 0 Å². The van der Waals surface area contributed by atoms with E-state index in [-0.39, 0.29) is 76.2 Å². The Morgan fingerprint density at radius 1 is 0.833 bits per heavy atom. The average Bonchev–Trinajstić information content (AvgIpc) is 2.47. The molecule has 1 saturated carbocycles. The highest BCUT2D eigenvalue weighted by Gasteiger charge is 2.66. The van der Waals surface area contributed by atoms with Gasteiger partial charge in [0.15, 0.2) is 11.5 Å². The van der Waals surface area contributed by atoms with Crippen LogP contribution in [-0.2, 0) is 27.5 Å². The van der Waals surface area contributed by atoms with Gasteiger partial charge in [-0.2, -0.15) is 0 Å². The number of non-ortho nitro benzene ring substituents is 1. The molecule has 0 saturated heterocycles. The van der Waals surface area contributed by atoms with Gasteiger partial charge < -0.3 is 43.5 Å². The molecule has 0 spiro atoms. The van der Waals surface area contributed by atoms with Crippen LogP contribution < -0.4 is 18.9 Å². The number of fused-ring (bicyclic) bond motifs is 3. The molecule has 0 radical (unpaired) electrons. The number of hydrogen-bond acceptors (Lipinski definition) is 14. The molecule has 15 nitrogen and oxygen atoms in total. The number of unbranched alkanes of at least 4 members (excludes halogenated alkanes) is 11. The van der Waals surface area contributed by atoms with Crippen LogP contribution in [0.25, 0.3) is 0 Å². The monoisotopic (exact) mass is 1090 g/mol. The number of ether oxygens (including phenoxy) is 6. The average molecular weight is 1090 g/mol. The van der Waals surface area contributed by atoms with Crippen LogP contribution in [0.4, 0.5) is 10.5 Å². The zero-order valence-corrected chi connectivity index (χ0v) is 46.3. The van der Waals surface area contributed by atoms with Crippen LogP contribution in [0.3, 0.4) is 0 Å². The first kappa shape index (κ1) is 58.1. The van der Waals surface area contributed by atoms with Gasteiger partial charge in [0, 0.05) is 54.7 Å². The van der Waals surface area contributed by atoms with Crippen molar-refractivity contribution in [2.24, 2.45) is 22.9 Å². The Morgan fingerprint density at radius 2 is 1.51 bits per heavy atom. The molecule has 6 unspecified atom stereocenters. The van der Waals surface area contributed by atoms with Gasteiger partial charge in [-0.3, -0.25) is 15.0 Å². The smallest absolute Gasteiger partial charge is 0.410 e. The summed E-state index contributed by atoms with van der Waals surface area (Å²) < 4.78 is 39.3. The van der Waals surface area contributed by atoms with Crippen LogP contribution in [0.15, 0.2) is 119 Å². The first-order chi connectivity index (χ1) is 38.2. The summed E-state index contributed by atoms with van der Waals surface area (Å²) in [5.74, 6) is 0.607. The lowest BCUT2D eigenvalue weighted by atomic mass is 9.55. The molecule has 2 aliphatic heterocycles. The SMILES string of the molecule is C=CCOC12Oc3ccc(Oc4ccc(SC)cc4)cc3C3C(CCCCO)C(CCCCO)C=C(C(=NOCc4ccc([N+](=O)[O-])cc4)CC1N(Cc1ccc4c(c1)OCO4)C(=O)OCCCCCCCCCCCC)C32. The van der Waals surface area contributed by atoms with Gasteiger partial charge in [-0.05, 0) is 134 Å². The molecule has 2 heterocycles. The maximum absolute atomic E-state index is 15.3. The van der Waals surface area contributed by atoms with E-state index in [1.165, 1.54) is 50.7 Å². The van der Waals surface area contributed by atoms with Crippen LogP contribution in [0, 0.1) is 27.9 Å². The van der Waals surface area contributed by atoms with E-state index in [1.807, 2.05) is 60.9 Å². The fraction of sp³-hybridized carbons (Fsp3) is 0.516.